The van der Waals surface area contributed by atoms with E-state index in [2.05, 4.69) is 0 Å². The zero-order chi connectivity index (χ0) is 19.9. The van der Waals surface area contributed by atoms with Gasteiger partial charge in [-0.2, -0.15) is 0 Å². The Balaban J connectivity index is 4.43. The quantitative estimate of drug-likeness (QED) is 0.298. The Hall–Kier alpha value is -1.78. The zero-order valence-corrected chi connectivity index (χ0v) is 16.8. The lowest BCUT2D eigenvalue weighted by Crippen LogP contribution is -2.36. The standard InChI is InChI=1S/C22H34O4/c1-6-19(23)16-15-18(4)21(25)22(26-5)20(24)14-12-10-8-7-9-11-13-17(2)3/h7-9,11,13,15,21-22,25H,6,10,12,14,16H2,1-5H3/b8-7+,11-9+,18-15+/t21-,22?/m1/s1. The highest BCUT2D eigenvalue weighted by atomic mass is 16.5. The van der Waals surface area contributed by atoms with Gasteiger partial charge in [-0.05, 0) is 39.2 Å². The van der Waals surface area contributed by atoms with Gasteiger partial charge in [-0.1, -0.05) is 49.0 Å². The first kappa shape index (κ1) is 24.2. The molecule has 0 saturated heterocycles. The van der Waals surface area contributed by atoms with E-state index in [-0.39, 0.29) is 18.0 Å². The Kier molecular flexibility index (Phi) is 13.4. The van der Waals surface area contributed by atoms with Crippen LogP contribution in [-0.4, -0.2) is 36.0 Å². The molecule has 0 aromatic rings. The van der Waals surface area contributed by atoms with E-state index in [9.17, 15) is 14.7 Å². The normalized spacial score (nSPS) is 14.6. The first-order valence-electron chi connectivity index (χ1n) is 9.22. The molecule has 0 aliphatic carbocycles. The first-order chi connectivity index (χ1) is 12.3. The summed E-state index contributed by atoms with van der Waals surface area (Å²) in [7, 11) is 1.42. The van der Waals surface area contributed by atoms with Gasteiger partial charge < -0.3 is 9.84 Å². The second-order valence-corrected chi connectivity index (χ2v) is 6.56. The summed E-state index contributed by atoms with van der Waals surface area (Å²) < 4.78 is 5.20. The number of unbranched alkanes of at least 4 members (excludes halogenated alkanes) is 1. The molecule has 26 heavy (non-hydrogen) atoms. The highest BCUT2D eigenvalue weighted by Crippen LogP contribution is 2.14. The minimum atomic E-state index is -1.01. The Bertz CT molecular complexity index is 548. The van der Waals surface area contributed by atoms with E-state index in [1.54, 1.807) is 19.9 Å². The fourth-order valence-electron chi connectivity index (χ4n) is 2.24. The van der Waals surface area contributed by atoms with Crippen LogP contribution in [0.15, 0.2) is 47.6 Å². The second-order valence-electron chi connectivity index (χ2n) is 6.56. The molecule has 4 heteroatoms. The number of carbonyl (C=O) groups is 2. The number of aliphatic hydroxyl groups excluding tert-OH is 1. The van der Waals surface area contributed by atoms with Gasteiger partial charge in [-0.15, -0.1) is 0 Å². The lowest BCUT2D eigenvalue weighted by atomic mass is 9.98. The smallest absolute Gasteiger partial charge is 0.164 e. The molecular formula is C22H34O4. The van der Waals surface area contributed by atoms with Crippen LogP contribution in [0.5, 0.6) is 0 Å². The highest BCUT2D eigenvalue weighted by molar-refractivity contribution is 5.84. The third-order valence-corrected chi connectivity index (χ3v) is 3.95. The monoisotopic (exact) mass is 362 g/mol. The van der Waals surface area contributed by atoms with Crippen LogP contribution in [0.1, 0.15) is 59.8 Å². The van der Waals surface area contributed by atoms with Crippen LogP contribution in [0, 0.1) is 0 Å². The van der Waals surface area contributed by atoms with Crippen LogP contribution >= 0.6 is 0 Å². The number of carbonyl (C=O) groups excluding carboxylic acids is 2. The molecule has 0 amide bonds. The Morgan fingerprint density at radius 3 is 2.38 bits per heavy atom. The predicted molar refractivity (Wildman–Crippen MR) is 107 cm³/mol. The van der Waals surface area contributed by atoms with Gasteiger partial charge in [-0.3, -0.25) is 9.59 Å². The number of ether oxygens (including phenoxy) is 1. The van der Waals surface area contributed by atoms with E-state index in [4.69, 9.17) is 4.74 Å². The molecule has 146 valence electrons. The largest absolute Gasteiger partial charge is 0.386 e. The minimum absolute atomic E-state index is 0.0993. The zero-order valence-electron chi connectivity index (χ0n) is 16.8. The van der Waals surface area contributed by atoms with Crippen LogP contribution in [0.25, 0.3) is 0 Å². The highest BCUT2D eigenvalue weighted by Gasteiger charge is 2.26. The summed E-state index contributed by atoms with van der Waals surface area (Å²) in [5.74, 6) is -0.0229. The Labute approximate surface area is 158 Å². The molecule has 0 saturated carbocycles. The summed E-state index contributed by atoms with van der Waals surface area (Å²) in [6, 6.07) is 0. The van der Waals surface area contributed by atoms with Crippen LogP contribution in [0.3, 0.4) is 0 Å². The summed E-state index contributed by atoms with van der Waals surface area (Å²) in [5, 5.41) is 10.3. The Morgan fingerprint density at radius 2 is 1.81 bits per heavy atom. The molecular weight excluding hydrogens is 328 g/mol. The number of rotatable bonds is 13. The van der Waals surface area contributed by atoms with Crippen molar-refractivity contribution >= 4 is 11.6 Å². The minimum Gasteiger partial charge on any atom is -0.386 e. The van der Waals surface area contributed by atoms with Crippen molar-refractivity contribution < 1.29 is 19.4 Å². The third-order valence-electron chi connectivity index (χ3n) is 3.95. The summed E-state index contributed by atoms with van der Waals surface area (Å²) in [4.78, 5) is 23.7. The molecule has 2 atom stereocenters. The van der Waals surface area contributed by atoms with Gasteiger partial charge in [0.25, 0.3) is 0 Å². The van der Waals surface area contributed by atoms with Gasteiger partial charge >= 0.3 is 0 Å². The number of aliphatic hydroxyl groups is 1. The number of methoxy groups -OCH3 is 1. The van der Waals surface area contributed by atoms with E-state index in [0.29, 0.717) is 24.8 Å². The second kappa shape index (κ2) is 14.4. The topological polar surface area (TPSA) is 63.6 Å². The number of ketones is 2. The van der Waals surface area contributed by atoms with Crippen LogP contribution in [0.4, 0.5) is 0 Å². The lowest BCUT2D eigenvalue weighted by molar-refractivity contribution is -0.134. The fourth-order valence-corrected chi connectivity index (χ4v) is 2.24. The summed E-state index contributed by atoms with van der Waals surface area (Å²) in [5.41, 5.74) is 1.84. The average Bonchev–Trinajstić information content (AvgIpc) is 2.61. The molecule has 0 aromatic heterocycles. The third kappa shape index (κ3) is 11.0. The number of hydrogen-bond donors (Lipinski definition) is 1. The molecule has 0 radical (unpaired) electrons. The maximum atomic E-state index is 12.3. The van der Waals surface area contributed by atoms with Crippen LogP contribution < -0.4 is 0 Å². The molecule has 1 unspecified atom stereocenters. The fraction of sp³-hybridized carbons (Fsp3) is 0.545. The molecule has 0 heterocycles. The molecule has 0 aromatic carbocycles. The van der Waals surface area contributed by atoms with E-state index >= 15 is 0 Å². The first-order valence-corrected chi connectivity index (χ1v) is 9.22. The van der Waals surface area contributed by atoms with Crippen molar-refractivity contribution in [2.24, 2.45) is 0 Å². The predicted octanol–water partition coefficient (Wildman–Crippen LogP) is 4.50. The van der Waals surface area contributed by atoms with Crippen molar-refractivity contribution in [2.45, 2.75) is 72.0 Å². The van der Waals surface area contributed by atoms with Crippen molar-refractivity contribution in [3.8, 4) is 0 Å². The molecule has 0 aliphatic heterocycles. The van der Waals surface area contributed by atoms with Crippen molar-refractivity contribution in [3.05, 3.63) is 47.6 Å². The van der Waals surface area contributed by atoms with Gasteiger partial charge in [-0.25, -0.2) is 0 Å². The molecule has 1 N–H and O–H groups in total. The average molecular weight is 363 g/mol. The van der Waals surface area contributed by atoms with E-state index in [0.717, 1.165) is 6.42 Å². The van der Waals surface area contributed by atoms with Crippen LogP contribution in [0.2, 0.25) is 0 Å². The van der Waals surface area contributed by atoms with Gasteiger partial charge in [0.05, 0.1) is 0 Å². The lowest BCUT2D eigenvalue weighted by Gasteiger charge is -2.21. The van der Waals surface area contributed by atoms with E-state index in [1.165, 1.54) is 12.7 Å². The maximum Gasteiger partial charge on any atom is 0.164 e. The van der Waals surface area contributed by atoms with Crippen molar-refractivity contribution in [1.82, 2.24) is 0 Å². The molecule has 4 nitrogen and oxygen atoms in total. The SMILES string of the molecule is CCC(=O)C/C=C(\C)[C@@H](O)C(OC)C(=O)CCC/C=C/C=C/C=C(C)C. The van der Waals surface area contributed by atoms with Gasteiger partial charge in [0.15, 0.2) is 5.78 Å². The summed E-state index contributed by atoms with van der Waals surface area (Å²) in [6.07, 6.45) is 12.3. The van der Waals surface area contributed by atoms with Gasteiger partial charge in [0.2, 0.25) is 0 Å². The maximum absolute atomic E-state index is 12.3. The van der Waals surface area contributed by atoms with Crippen molar-refractivity contribution in [2.75, 3.05) is 7.11 Å². The summed E-state index contributed by atoms with van der Waals surface area (Å²) >= 11 is 0. The van der Waals surface area contributed by atoms with Crippen molar-refractivity contribution in [3.63, 3.8) is 0 Å². The molecule has 0 rings (SSSR count). The number of Topliss-reactive ketones (excluding diaryl/α,β-unsaturated/α-hetero) is 2. The number of hydrogen-bond acceptors (Lipinski definition) is 4. The van der Waals surface area contributed by atoms with Crippen molar-refractivity contribution in [1.29, 1.82) is 0 Å². The van der Waals surface area contributed by atoms with Gasteiger partial charge in [0.1, 0.15) is 18.0 Å². The molecule has 0 aliphatic rings. The molecule has 0 bridgehead atoms. The van der Waals surface area contributed by atoms with Gasteiger partial charge in [0, 0.05) is 26.4 Å². The van der Waals surface area contributed by atoms with Crippen LogP contribution in [-0.2, 0) is 14.3 Å². The number of allylic oxidation sites excluding steroid dienone is 7. The summed E-state index contributed by atoms with van der Waals surface area (Å²) in [6.45, 7) is 7.60. The van der Waals surface area contributed by atoms with E-state index < -0.39 is 12.2 Å². The van der Waals surface area contributed by atoms with E-state index in [1.807, 2.05) is 44.2 Å². The molecule has 0 fully saturated rings. The Morgan fingerprint density at radius 1 is 1.12 bits per heavy atom. The molecule has 0 spiro atoms.